The van der Waals surface area contributed by atoms with Crippen molar-refractivity contribution in [2.75, 3.05) is 13.7 Å². The average molecular weight is 459 g/mol. The first-order valence-corrected chi connectivity index (χ1v) is 12.8. The Kier molecular flexibility index (Phi) is 8.94. The van der Waals surface area contributed by atoms with Crippen LogP contribution >= 0.6 is 0 Å². The van der Waals surface area contributed by atoms with Crippen LogP contribution in [0.1, 0.15) is 93.1 Å². The quantitative estimate of drug-likeness (QED) is 0.455. The standard InChI is InChI=1S/C27H42N2O4/c1-4-27(5-2)22-16-20(25(28)30)12-11-19(22)17-23(33-3)24(27)29-14-13-21(26(31)32)15-18-9-7-6-8-10-18/h11-12,16,18,21,23-24,29H,4-10,13-15,17H2,1-3H3,(H2,28,30)(H,31,32)/t21-,23+,24-/m0/s1. The molecule has 0 spiro atoms. The summed E-state index contributed by atoms with van der Waals surface area (Å²) in [4.78, 5) is 23.9. The maximum atomic E-state index is 12.0. The van der Waals surface area contributed by atoms with E-state index in [-0.39, 0.29) is 23.5 Å². The van der Waals surface area contributed by atoms with Crippen LogP contribution in [0.3, 0.4) is 0 Å². The molecule has 6 nitrogen and oxygen atoms in total. The van der Waals surface area contributed by atoms with Gasteiger partial charge in [0.15, 0.2) is 0 Å². The largest absolute Gasteiger partial charge is 0.481 e. The van der Waals surface area contributed by atoms with E-state index in [4.69, 9.17) is 10.5 Å². The van der Waals surface area contributed by atoms with E-state index in [0.717, 1.165) is 25.7 Å². The molecule has 2 aliphatic carbocycles. The van der Waals surface area contributed by atoms with Gasteiger partial charge in [0.25, 0.3) is 0 Å². The molecule has 3 rings (SSSR count). The van der Waals surface area contributed by atoms with Gasteiger partial charge in [0.2, 0.25) is 5.91 Å². The Balaban J connectivity index is 1.78. The Labute approximate surface area is 198 Å². The Morgan fingerprint density at radius 1 is 1.21 bits per heavy atom. The van der Waals surface area contributed by atoms with Crippen molar-refractivity contribution in [1.29, 1.82) is 0 Å². The van der Waals surface area contributed by atoms with Crippen LogP contribution in [0, 0.1) is 11.8 Å². The number of nitrogens with one attached hydrogen (secondary N) is 1. The van der Waals surface area contributed by atoms with Gasteiger partial charge in [-0.15, -0.1) is 0 Å². The number of primary amides is 1. The van der Waals surface area contributed by atoms with Crippen LogP contribution in [0.4, 0.5) is 0 Å². The van der Waals surface area contributed by atoms with Crippen molar-refractivity contribution in [2.45, 2.75) is 95.6 Å². The van der Waals surface area contributed by atoms with E-state index in [0.29, 0.717) is 24.4 Å². The summed E-state index contributed by atoms with van der Waals surface area (Å²) in [6, 6.07) is 5.83. The third kappa shape index (κ3) is 5.60. The Morgan fingerprint density at radius 2 is 1.91 bits per heavy atom. The molecule has 0 radical (unpaired) electrons. The topological polar surface area (TPSA) is 102 Å². The van der Waals surface area contributed by atoms with Gasteiger partial charge in [0, 0.05) is 30.6 Å². The van der Waals surface area contributed by atoms with Crippen molar-refractivity contribution < 1.29 is 19.4 Å². The van der Waals surface area contributed by atoms with Crippen LogP contribution in [0.25, 0.3) is 0 Å². The maximum Gasteiger partial charge on any atom is 0.306 e. The molecule has 0 unspecified atom stereocenters. The van der Waals surface area contributed by atoms with E-state index in [1.54, 1.807) is 13.2 Å². The molecule has 0 aliphatic heterocycles. The first-order chi connectivity index (χ1) is 15.9. The SMILES string of the molecule is CCC1(CC)c2cc(C(N)=O)ccc2C[C@@H](OC)[C@@H]1NCC[C@@H](CC1CCCCC1)C(=O)O. The smallest absolute Gasteiger partial charge is 0.306 e. The predicted molar refractivity (Wildman–Crippen MR) is 130 cm³/mol. The van der Waals surface area contributed by atoms with Crippen molar-refractivity contribution in [1.82, 2.24) is 5.32 Å². The van der Waals surface area contributed by atoms with E-state index in [2.05, 4.69) is 19.2 Å². The fraction of sp³-hybridized carbons (Fsp3) is 0.704. The minimum Gasteiger partial charge on any atom is -0.481 e. The fourth-order valence-corrected chi connectivity index (χ4v) is 6.43. The average Bonchev–Trinajstić information content (AvgIpc) is 2.83. The molecule has 0 saturated heterocycles. The number of ether oxygens (including phenoxy) is 1. The van der Waals surface area contributed by atoms with E-state index >= 15 is 0 Å². The number of methoxy groups -OCH3 is 1. The zero-order chi connectivity index (χ0) is 24.0. The first kappa shape index (κ1) is 25.7. The highest BCUT2D eigenvalue weighted by molar-refractivity contribution is 5.93. The molecule has 3 atom stereocenters. The van der Waals surface area contributed by atoms with Crippen LogP contribution in [-0.2, 0) is 21.4 Å². The molecular formula is C27H42N2O4. The molecule has 1 aromatic carbocycles. The van der Waals surface area contributed by atoms with Gasteiger partial charge < -0.3 is 20.9 Å². The minimum absolute atomic E-state index is 0.0153. The number of nitrogens with two attached hydrogens (primary N) is 1. The summed E-state index contributed by atoms with van der Waals surface area (Å²) in [7, 11) is 1.75. The second kappa shape index (κ2) is 11.5. The summed E-state index contributed by atoms with van der Waals surface area (Å²) in [6.45, 7) is 5.00. The van der Waals surface area contributed by atoms with Gasteiger partial charge in [-0.25, -0.2) is 0 Å². The molecular weight excluding hydrogens is 416 g/mol. The van der Waals surface area contributed by atoms with Crippen LogP contribution in [0.5, 0.6) is 0 Å². The number of carbonyl (C=O) groups is 2. The van der Waals surface area contributed by atoms with Gasteiger partial charge in [-0.05, 0) is 61.4 Å². The minimum atomic E-state index is -0.678. The van der Waals surface area contributed by atoms with Gasteiger partial charge in [-0.1, -0.05) is 52.0 Å². The summed E-state index contributed by atoms with van der Waals surface area (Å²) in [5, 5.41) is 13.6. The number of fused-ring (bicyclic) bond motifs is 1. The highest BCUT2D eigenvalue weighted by atomic mass is 16.5. The highest BCUT2D eigenvalue weighted by Crippen LogP contribution is 2.44. The second-order valence-corrected chi connectivity index (χ2v) is 10.1. The molecule has 1 amide bonds. The molecule has 6 heteroatoms. The monoisotopic (exact) mass is 458 g/mol. The second-order valence-electron chi connectivity index (χ2n) is 10.1. The van der Waals surface area contributed by atoms with Crippen molar-refractivity contribution >= 4 is 11.9 Å². The summed E-state index contributed by atoms with van der Waals surface area (Å²) in [5.74, 6) is -0.852. The number of amides is 1. The molecule has 0 aromatic heterocycles. The van der Waals surface area contributed by atoms with Gasteiger partial charge in [-0.2, -0.15) is 0 Å². The molecule has 0 bridgehead atoms. The van der Waals surface area contributed by atoms with E-state index < -0.39 is 11.9 Å². The molecule has 4 N–H and O–H groups in total. The lowest BCUT2D eigenvalue weighted by Gasteiger charge is -2.49. The zero-order valence-corrected chi connectivity index (χ0v) is 20.6. The van der Waals surface area contributed by atoms with Crippen LogP contribution in [-0.4, -0.2) is 42.8 Å². The molecule has 33 heavy (non-hydrogen) atoms. The van der Waals surface area contributed by atoms with Crippen LogP contribution in [0.15, 0.2) is 18.2 Å². The molecule has 2 aliphatic rings. The molecule has 1 aromatic rings. The predicted octanol–water partition coefficient (Wildman–Crippen LogP) is 4.43. The number of carbonyl (C=O) groups excluding carboxylic acids is 1. The van der Waals surface area contributed by atoms with Gasteiger partial charge in [0.05, 0.1) is 12.0 Å². The van der Waals surface area contributed by atoms with Crippen LogP contribution in [0.2, 0.25) is 0 Å². The lowest BCUT2D eigenvalue weighted by atomic mass is 9.62. The molecule has 0 heterocycles. The summed E-state index contributed by atoms with van der Waals surface area (Å²) in [6.07, 6.45) is 10.0. The van der Waals surface area contributed by atoms with Crippen molar-refractivity contribution in [2.24, 2.45) is 17.6 Å². The Bertz CT molecular complexity index is 814. The highest BCUT2D eigenvalue weighted by Gasteiger charge is 2.46. The first-order valence-electron chi connectivity index (χ1n) is 12.8. The summed E-state index contributed by atoms with van der Waals surface area (Å²) >= 11 is 0. The number of carboxylic acid groups (broad SMARTS) is 1. The van der Waals surface area contributed by atoms with Crippen LogP contribution < -0.4 is 11.1 Å². The number of benzene rings is 1. The van der Waals surface area contributed by atoms with Gasteiger partial charge in [0.1, 0.15) is 0 Å². The van der Waals surface area contributed by atoms with Crippen molar-refractivity contribution in [3.63, 3.8) is 0 Å². The molecule has 1 fully saturated rings. The number of aliphatic carboxylic acids is 1. The Morgan fingerprint density at radius 3 is 2.48 bits per heavy atom. The summed E-state index contributed by atoms with van der Waals surface area (Å²) in [5.41, 5.74) is 8.29. The fourth-order valence-electron chi connectivity index (χ4n) is 6.43. The molecule has 1 saturated carbocycles. The molecule has 184 valence electrons. The third-order valence-corrected chi connectivity index (χ3v) is 8.43. The lowest BCUT2D eigenvalue weighted by Crippen LogP contribution is -2.59. The zero-order valence-electron chi connectivity index (χ0n) is 20.6. The van der Waals surface area contributed by atoms with E-state index in [1.807, 2.05) is 12.1 Å². The number of carboxylic acids is 1. The number of hydrogen-bond donors (Lipinski definition) is 3. The van der Waals surface area contributed by atoms with Crippen molar-refractivity contribution in [3.05, 3.63) is 34.9 Å². The maximum absolute atomic E-state index is 12.0. The number of hydrogen-bond acceptors (Lipinski definition) is 4. The van der Waals surface area contributed by atoms with E-state index in [1.165, 1.54) is 43.2 Å². The Hall–Kier alpha value is -1.92. The van der Waals surface area contributed by atoms with Gasteiger partial charge in [-0.3, -0.25) is 9.59 Å². The van der Waals surface area contributed by atoms with E-state index in [9.17, 15) is 14.7 Å². The lowest BCUT2D eigenvalue weighted by molar-refractivity contribution is -0.142. The van der Waals surface area contributed by atoms with Crippen molar-refractivity contribution in [3.8, 4) is 0 Å². The van der Waals surface area contributed by atoms with Gasteiger partial charge >= 0.3 is 5.97 Å². The normalized spacial score (nSPS) is 23.6. The summed E-state index contributed by atoms with van der Waals surface area (Å²) < 4.78 is 5.95. The number of rotatable bonds is 11. The third-order valence-electron chi connectivity index (χ3n) is 8.43.